The molecule has 1 aliphatic heterocycles. The van der Waals surface area contributed by atoms with E-state index in [1.165, 1.54) is 19.8 Å². The summed E-state index contributed by atoms with van der Waals surface area (Å²) in [7, 11) is 0. The summed E-state index contributed by atoms with van der Waals surface area (Å²) >= 11 is 0. The van der Waals surface area contributed by atoms with Crippen molar-refractivity contribution in [1.29, 1.82) is 0 Å². The predicted octanol–water partition coefficient (Wildman–Crippen LogP) is -2.62. The average molecular weight is 631 g/mol. The molecule has 252 valence electrons. The Kier molecular flexibility index (Phi) is 24.0. The van der Waals surface area contributed by atoms with Crippen molar-refractivity contribution in [2.24, 2.45) is 5.73 Å². The van der Waals surface area contributed by atoms with Crippen molar-refractivity contribution >= 4 is 47.3 Å². The van der Waals surface area contributed by atoms with E-state index in [9.17, 15) is 38.4 Å². The summed E-state index contributed by atoms with van der Waals surface area (Å²) in [5, 5.41) is 25.3. The van der Waals surface area contributed by atoms with Crippen molar-refractivity contribution in [2.75, 3.05) is 32.7 Å². The van der Waals surface area contributed by atoms with Crippen LogP contribution in [0.3, 0.4) is 0 Å². The van der Waals surface area contributed by atoms with Crippen LogP contribution in [0.15, 0.2) is 0 Å². The number of carbonyl (C=O) groups is 8. The largest absolute Gasteiger partial charge is 0.480 e. The van der Waals surface area contributed by atoms with Crippen LogP contribution in [0.25, 0.3) is 0 Å². The molecule has 1 aliphatic rings. The van der Waals surface area contributed by atoms with Crippen molar-refractivity contribution < 1.29 is 43.5 Å². The molecule has 3 atom stereocenters. The first kappa shape index (κ1) is 41.9. The molecule has 0 spiro atoms. The monoisotopic (exact) mass is 630 g/mol. The molecular weight excluding hydrogens is 580 g/mol. The lowest BCUT2D eigenvalue weighted by Crippen LogP contribution is -2.52. The molecule has 1 saturated heterocycles. The lowest BCUT2D eigenvalue weighted by atomic mass is 10.1. The second-order valence-electron chi connectivity index (χ2n) is 9.80. The van der Waals surface area contributed by atoms with Crippen LogP contribution in [-0.4, -0.2) is 103 Å². The number of aliphatic carboxylic acids is 1. The van der Waals surface area contributed by atoms with Crippen LogP contribution in [-0.2, 0) is 38.4 Å². The fourth-order valence-corrected chi connectivity index (χ4v) is 3.13. The van der Waals surface area contributed by atoms with Gasteiger partial charge in [0.1, 0.15) is 12.1 Å². The van der Waals surface area contributed by atoms with E-state index in [1.807, 2.05) is 0 Å². The van der Waals surface area contributed by atoms with E-state index >= 15 is 0 Å². The molecule has 10 N–H and O–H groups in total. The van der Waals surface area contributed by atoms with Crippen LogP contribution < -0.4 is 43.0 Å². The molecule has 44 heavy (non-hydrogen) atoms. The number of carboxylic acids is 1. The van der Waals surface area contributed by atoms with Crippen LogP contribution in [0.2, 0.25) is 0 Å². The minimum absolute atomic E-state index is 0.155. The zero-order valence-corrected chi connectivity index (χ0v) is 26.3. The number of hydrogen-bond donors (Lipinski definition) is 9. The Morgan fingerprint density at radius 3 is 1.73 bits per heavy atom. The fourth-order valence-electron chi connectivity index (χ4n) is 3.13. The zero-order chi connectivity index (χ0) is 34.1. The van der Waals surface area contributed by atoms with Crippen LogP contribution >= 0.6 is 0 Å². The molecule has 0 aromatic heterocycles. The molecule has 17 nitrogen and oxygen atoms in total. The Balaban J connectivity index is 0. The summed E-state index contributed by atoms with van der Waals surface area (Å²) in [5.74, 6) is -6.07. The van der Waals surface area contributed by atoms with Crippen molar-refractivity contribution in [3.8, 4) is 0 Å². The van der Waals surface area contributed by atoms with Gasteiger partial charge in [-0.2, -0.15) is 0 Å². The standard InChI is InChI=1S/C21H34N8O9.2C3H8/c1-11(21(37)38)28-17(33)9-25-15(31)7-24-16(32)8-26-20(36)13(4-5-14(22)30)29-18(34)10-27-19(35)12-3-2-6-23-12;2*1-3-2/h11-13,23H,2-10H2,1H3,(H2,22,30)(H,24,32)(H,25,31)(H,26,36)(H,27,35)(H,28,33)(H,29,34)(H,37,38);2*3H2,1-2H3. The van der Waals surface area contributed by atoms with E-state index in [-0.39, 0.29) is 18.7 Å². The Bertz CT molecular complexity index is 954. The molecule has 3 unspecified atom stereocenters. The summed E-state index contributed by atoms with van der Waals surface area (Å²) in [4.78, 5) is 93.8. The third-order valence-electron chi connectivity index (χ3n) is 5.19. The number of rotatable bonds is 16. The summed E-state index contributed by atoms with van der Waals surface area (Å²) in [6.45, 7) is 8.42. The smallest absolute Gasteiger partial charge is 0.325 e. The van der Waals surface area contributed by atoms with Crippen molar-refractivity contribution in [2.45, 2.75) is 91.3 Å². The topological polar surface area (TPSA) is 267 Å². The van der Waals surface area contributed by atoms with Gasteiger partial charge in [-0.05, 0) is 32.7 Å². The Morgan fingerprint density at radius 2 is 1.25 bits per heavy atom. The molecule has 0 aromatic carbocycles. The number of amides is 7. The van der Waals surface area contributed by atoms with Gasteiger partial charge in [0.05, 0.1) is 32.2 Å². The number of nitrogens with two attached hydrogens (primary N) is 1. The number of nitrogens with one attached hydrogen (secondary N) is 7. The zero-order valence-electron chi connectivity index (χ0n) is 26.3. The Labute approximate surface area is 258 Å². The third kappa shape index (κ3) is 22.3. The molecule has 17 heteroatoms. The highest BCUT2D eigenvalue weighted by atomic mass is 16.4. The number of carboxylic acid groups (broad SMARTS) is 1. The van der Waals surface area contributed by atoms with Gasteiger partial charge in [-0.25, -0.2) is 0 Å². The Hall–Kier alpha value is -4.28. The summed E-state index contributed by atoms with van der Waals surface area (Å²) in [6, 6.07) is -2.76. The minimum atomic E-state index is -1.25. The van der Waals surface area contributed by atoms with E-state index in [2.05, 4.69) is 64.9 Å². The highest BCUT2D eigenvalue weighted by molar-refractivity contribution is 5.94. The molecule has 7 amide bonds. The molecule has 0 bridgehead atoms. The molecular formula is C27H50N8O9. The molecule has 1 heterocycles. The van der Waals surface area contributed by atoms with Gasteiger partial charge in [0.2, 0.25) is 41.4 Å². The molecule has 0 radical (unpaired) electrons. The highest BCUT2D eigenvalue weighted by Gasteiger charge is 2.25. The molecule has 0 aliphatic carbocycles. The fraction of sp³-hybridized carbons (Fsp3) is 0.704. The van der Waals surface area contributed by atoms with Crippen LogP contribution in [0, 0.1) is 0 Å². The third-order valence-corrected chi connectivity index (χ3v) is 5.19. The van der Waals surface area contributed by atoms with Crippen LogP contribution in [0.4, 0.5) is 0 Å². The first-order valence-electron chi connectivity index (χ1n) is 14.6. The van der Waals surface area contributed by atoms with Crippen LogP contribution in [0.5, 0.6) is 0 Å². The quantitative estimate of drug-likeness (QED) is 0.0856. The first-order valence-corrected chi connectivity index (χ1v) is 14.6. The van der Waals surface area contributed by atoms with Gasteiger partial charge in [-0.3, -0.25) is 38.4 Å². The lowest BCUT2D eigenvalue weighted by Gasteiger charge is -2.18. The van der Waals surface area contributed by atoms with Crippen molar-refractivity contribution in [3.63, 3.8) is 0 Å². The van der Waals surface area contributed by atoms with Crippen molar-refractivity contribution in [1.82, 2.24) is 37.2 Å². The van der Waals surface area contributed by atoms with Gasteiger partial charge in [-0.15, -0.1) is 0 Å². The summed E-state index contributed by atoms with van der Waals surface area (Å²) < 4.78 is 0. The highest BCUT2D eigenvalue weighted by Crippen LogP contribution is 2.04. The van der Waals surface area contributed by atoms with E-state index in [4.69, 9.17) is 10.8 Å². The maximum absolute atomic E-state index is 12.5. The Morgan fingerprint density at radius 1 is 0.773 bits per heavy atom. The predicted molar refractivity (Wildman–Crippen MR) is 161 cm³/mol. The number of hydrogen-bond acceptors (Lipinski definition) is 9. The molecule has 1 rings (SSSR count). The second-order valence-corrected chi connectivity index (χ2v) is 9.80. The average Bonchev–Trinajstić information content (AvgIpc) is 3.50. The molecule has 1 fully saturated rings. The number of primary amides is 1. The number of carbonyl (C=O) groups excluding carboxylic acids is 7. The maximum atomic E-state index is 12.5. The molecule has 0 aromatic rings. The van der Waals surface area contributed by atoms with E-state index in [0.717, 1.165) is 6.42 Å². The van der Waals surface area contributed by atoms with Gasteiger partial charge in [-0.1, -0.05) is 40.5 Å². The minimum Gasteiger partial charge on any atom is -0.480 e. The summed E-state index contributed by atoms with van der Waals surface area (Å²) in [6.07, 6.45) is 3.59. The van der Waals surface area contributed by atoms with Gasteiger partial charge >= 0.3 is 5.97 Å². The normalized spacial score (nSPS) is 14.4. The van der Waals surface area contributed by atoms with E-state index in [0.29, 0.717) is 13.0 Å². The summed E-state index contributed by atoms with van der Waals surface area (Å²) in [5.41, 5.74) is 5.11. The van der Waals surface area contributed by atoms with Gasteiger partial charge in [0.25, 0.3) is 0 Å². The first-order chi connectivity index (χ1) is 20.7. The van der Waals surface area contributed by atoms with Gasteiger partial charge in [0.15, 0.2) is 0 Å². The lowest BCUT2D eigenvalue weighted by molar-refractivity contribution is -0.141. The van der Waals surface area contributed by atoms with Crippen LogP contribution in [0.1, 0.15) is 73.1 Å². The molecule has 0 saturated carbocycles. The van der Waals surface area contributed by atoms with E-state index in [1.54, 1.807) is 0 Å². The van der Waals surface area contributed by atoms with Gasteiger partial charge < -0.3 is 48.1 Å². The van der Waals surface area contributed by atoms with E-state index < -0.39 is 85.7 Å². The SMILES string of the molecule is CC(NC(=O)CNC(=O)CNC(=O)CNC(=O)C(CCC(N)=O)NC(=O)CNC(=O)C1CCCN1)C(=O)O.CCC.CCC. The van der Waals surface area contributed by atoms with Crippen molar-refractivity contribution in [3.05, 3.63) is 0 Å². The maximum Gasteiger partial charge on any atom is 0.325 e. The van der Waals surface area contributed by atoms with Gasteiger partial charge in [0, 0.05) is 6.42 Å². The second kappa shape index (κ2) is 25.2.